The van der Waals surface area contributed by atoms with Crippen molar-refractivity contribution in [3.8, 4) is 0 Å². The Bertz CT molecular complexity index is 186. The molecular formula is C14H29NO3. The zero-order valence-corrected chi connectivity index (χ0v) is 12.0. The molecule has 1 fully saturated rings. The highest BCUT2D eigenvalue weighted by Gasteiger charge is 2.19. The number of ether oxygens (including phenoxy) is 3. The predicted octanol–water partition coefficient (Wildman–Crippen LogP) is 1.98. The molecule has 1 saturated carbocycles. The van der Waals surface area contributed by atoms with Gasteiger partial charge in [0, 0.05) is 26.4 Å². The molecule has 0 bridgehead atoms. The summed E-state index contributed by atoms with van der Waals surface area (Å²) in [5.74, 6) is 0. The van der Waals surface area contributed by atoms with Gasteiger partial charge in [-0.1, -0.05) is 0 Å². The first kappa shape index (κ1) is 15.9. The highest BCUT2D eigenvalue weighted by molar-refractivity contribution is 4.80. The highest BCUT2D eigenvalue weighted by Crippen LogP contribution is 2.18. The fourth-order valence-electron chi connectivity index (χ4n) is 1.78. The highest BCUT2D eigenvalue weighted by atomic mass is 16.5. The van der Waals surface area contributed by atoms with Crippen LogP contribution in [0.5, 0.6) is 0 Å². The Morgan fingerprint density at radius 2 is 1.94 bits per heavy atom. The Kier molecular flexibility index (Phi) is 9.48. The van der Waals surface area contributed by atoms with Crippen LogP contribution in [0.15, 0.2) is 0 Å². The van der Waals surface area contributed by atoms with Gasteiger partial charge in [0.1, 0.15) is 0 Å². The van der Waals surface area contributed by atoms with Crippen LogP contribution >= 0.6 is 0 Å². The molecule has 0 spiro atoms. The van der Waals surface area contributed by atoms with Crippen molar-refractivity contribution >= 4 is 0 Å². The SMILES string of the molecule is COCCCOCCOC(C)CCCNC1CC1. The van der Waals surface area contributed by atoms with E-state index in [9.17, 15) is 0 Å². The molecular weight excluding hydrogens is 230 g/mol. The number of methoxy groups -OCH3 is 1. The molecule has 0 amide bonds. The van der Waals surface area contributed by atoms with E-state index in [1.54, 1.807) is 7.11 Å². The smallest absolute Gasteiger partial charge is 0.0704 e. The summed E-state index contributed by atoms with van der Waals surface area (Å²) in [4.78, 5) is 0. The molecule has 108 valence electrons. The van der Waals surface area contributed by atoms with Crippen molar-refractivity contribution in [3.63, 3.8) is 0 Å². The fourth-order valence-corrected chi connectivity index (χ4v) is 1.78. The minimum Gasteiger partial charge on any atom is -0.385 e. The average Bonchev–Trinajstić information content (AvgIpc) is 3.18. The monoisotopic (exact) mass is 259 g/mol. The first-order chi connectivity index (χ1) is 8.83. The second-order valence-corrected chi connectivity index (χ2v) is 5.01. The number of hydrogen-bond donors (Lipinski definition) is 1. The van der Waals surface area contributed by atoms with Gasteiger partial charge in [-0.15, -0.1) is 0 Å². The second kappa shape index (κ2) is 10.7. The molecule has 18 heavy (non-hydrogen) atoms. The maximum atomic E-state index is 5.69. The zero-order chi connectivity index (χ0) is 13.1. The van der Waals surface area contributed by atoms with Gasteiger partial charge in [-0.3, -0.25) is 0 Å². The minimum absolute atomic E-state index is 0.341. The van der Waals surface area contributed by atoms with E-state index >= 15 is 0 Å². The van der Waals surface area contributed by atoms with E-state index < -0.39 is 0 Å². The topological polar surface area (TPSA) is 39.7 Å². The Morgan fingerprint density at radius 1 is 1.11 bits per heavy atom. The molecule has 0 aromatic rings. The lowest BCUT2D eigenvalue weighted by molar-refractivity contribution is 0.00496. The van der Waals surface area contributed by atoms with Gasteiger partial charge in [0.2, 0.25) is 0 Å². The molecule has 0 saturated heterocycles. The standard InChI is InChI=1S/C14H29NO3/c1-13(5-3-8-15-14-6-7-14)18-12-11-17-10-4-9-16-2/h13-15H,3-12H2,1-2H3. The summed E-state index contributed by atoms with van der Waals surface area (Å²) < 4.78 is 16.1. The van der Waals surface area contributed by atoms with Crippen LogP contribution in [0.1, 0.15) is 39.0 Å². The van der Waals surface area contributed by atoms with Crippen molar-refractivity contribution in [1.29, 1.82) is 0 Å². The van der Waals surface area contributed by atoms with E-state index in [1.165, 1.54) is 19.3 Å². The van der Waals surface area contributed by atoms with E-state index in [0.717, 1.165) is 38.6 Å². The van der Waals surface area contributed by atoms with Crippen molar-refractivity contribution in [1.82, 2.24) is 5.32 Å². The molecule has 0 aliphatic heterocycles. The molecule has 1 aliphatic rings. The van der Waals surface area contributed by atoms with Crippen LogP contribution in [0.2, 0.25) is 0 Å². The summed E-state index contributed by atoms with van der Waals surface area (Å²) in [6, 6.07) is 0.821. The Morgan fingerprint density at radius 3 is 2.67 bits per heavy atom. The van der Waals surface area contributed by atoms with E-state index in [1.807, 2.05) is 0 Å². The van der Waals surface area contributed by atoms with Crippen molar-refractivity contribution in [2.45, 2.75) is 51.2 Å². The first-order valence-corrected chi connectivity index (χ1v) is 7.24. The van der Waals surface area contributed by atoms with Crippen molar-refractivity contribution in [2.75, 3.05) is 40.1 Å². The van der Waals surface area contributed by atoms with Crippen molar-refractivity contribution in [2.24, 2.45) is 0 Å². The largest absolute Gasteiger partial charge is 0.385 e. The molecule has 1 unspecified atom stereocenters. The van der Waals surface area contributed by atoms with Crippen LogP contribution in [-0.4, -0.2) is 52.2 Å². The second-order valence-electron chi connectivity index (χ2n) is 5.01. The predicted molar refractivity (Wildman–Crippen MR) is 73.0 cm³/mol. The van der Waals surface area contributed by atoms with Crippen molar-refractivity contribution < 1.29 is 14.2 Å². The van der Waals surface area contributed by atoms with Crippen LogP contribution in [0, 0.1) is 0 Å². The molecule has 0 heterocycles. The van der Waals surface area contributed by atoms with Gasteiger partial charge in [0.05, 0.1) is 19.3 Å². The minimum atomic E-state index is 0.341. The van der Waals surface area contributed by atoms with Crippen LogP contribution in [0.4, 0.5) is 0 Å². The van der Waals surface area contributed by atoms with Gasteiger partial charge in [-0.05, 0) is 45.6 Å². The number of nitrogens with one attached hydrogen (secondary N) is 1. The van der Waals surface area contributed by atoms with Crippen LogP contribution in [-0.2, 0) is 14.2 Å². The molecule has 1 atom stereocenters. The average molecular weight is 259 g/mol. The summed E-state index contributed by atoms with van der Waals surface area (Å²) in [6.45, 7) is 6.19. The molecule has 4 nitrogen and oxygen atoms in total. The normalized spacial score (nSPS) is 17.0. The summed E-state index contributed by atoms with van der Waals surface area (Å²) in [7, 11) is 1.71. The molecule has 0 aromatic heterocycles. The van der Waals surface area contributed by atoms with Gasteiger partial charge < -0.3 is 19.5 Å². The van der Waals surface area contributed by atoms with Gasteiger partial charge in [0.15, 0.2) is 0 Å². The number of hydrogen-bond acceptors (Lipinski definition) is 4. The Balaban J connectivity index is 1.73. The Hall–Kier alpha value is -0.160. The van der Waals surface area contributed by atoms with Gasteiger partial charge >= 0.3 is 0 Å². The first-order valence-electron chi connectivity index (χ1n) is 7.24. The lowest BCUT2D eigenvalue weighted by Gasteiger charge is -2.13. The molecule has 0 radical (unpaired) electrons. The van der Waals surface area contributed by atoms with Gasteiger partial charge in [0.25, 0.3) is 0 Å². The number of rotatable bonds is 13. The van der Waals surface area contributed by atoms with Gasteiger partial charge in [-0.25, -0.2) is 0 Å². The van der Waals surface area contributed by atoms with E-state index in [4.69, 9.17) is 14.2 Å². The summed E-state index contributed by atoms with van der Waals surface area (Å²) >= 11 is 0. The van der Waals surface area contributed by atoms with E-state index in [-0.39, 0.29) is 0 Å². The van der Waals surface area contributed by atoms with E-state index in [0.29, 0.717) is 19.3 Å². The third kappa shape index (κ3) is 9.83. The summed E-state index contributed by atoms with van der Waals surface area (Å²) in [5, 5.41) is 3.52. The zero-order valence-electron chi connectivity index (χ0n) is 12.0. The maximum absolute atomic E-state index is 5.69. The molecule has 1 aliphatic carbocycles. The summed E-state index contributed by atoms with van der Waals surface area (Å²) in [6.07, 6.45) is 6.36. The van der Waals surface area contributed by atoms with Crippen LogP contribution < -0.4 is 5.32 Å². The quantitative estimate of drug-likeness (QED) is 0.513. The summed E-state index contributed by atoms with van der Waals surface area (Å²) in [5.41, 5.74) is 0. The molecule has 4 heteroatoms. The van der Waals surface area contributed by atoms with Crippen molar-refractivity contribution in [3.05, 3.63) is 0 Å². The van der Waals surface area contributed by atoms with E-state index in [2.05, 4.69) is 12.2 Å². The van der Waals surface area contributed by atoms with Crippen LogP contribution in [0.3, 0.4) is 0 Å². The Labute approximate surface area is 111 Å². The van der Waals surface area contributed by atoms with Crippen LogP contribution in [0.25, 0.3) is 0 Å². The lowest BCUT2D eigenvalue weighted by Crippen LogP contribution is -2.20. The lowest BCUT2D eigenvalue weighted by atomic mass is 10.2. The fraction of sp³-hybridized carbons (Fsp3) is 1.00. The van der Waals surface area contributed by atoms with Gasteiger partial charge in [-0.2, -0.15) is 0 Å². The molecule has 1 N–H and O–H groups in total. The third-order valence-corrected chi connectivity index (χ3v) is 3.06. The maximum Gasteiger partial charge on any atom is 0.0704 e. The third-order valence-electron chi connectivity index (χ3n) is 3.06. The molecule has 0 aromatic carbocycles. The molecule has 1 rings (SSSR count).